The Balaban J connectivity index is 2.52. The van der Waals surface area contributed by atoms with E-state index in [1.165, 1.54) is 0 Å². The number of carbonyl (C=O) groups excluding carboxylic acids is 1. The van der Waals surface area contributed by atoms with Crippen LogP contribution in [0.1, 0.15) is 31.4 Å². The van der Waals surface area contributed by atoms with E-state index in [1.807, 2.05) is 6.92 Å². The zero-order valence-electron chi connectivity index (χ0n) is 9.15. The molecule has 16 heavy (non-hydrogen) atoms. The first kappa shape index (κ1) is 13.0. The highest BCUT2D eigenvalue weighted by atomic mass is 35.5. The van der Waals surface area contributed by atoms with Crippen LogP contribution in [0.4, 0.5) is 0 Å². The number of rotatable bonds is 5. The van der Waals surface area contributed by atoms with Crippen molar-refractivity contribution in [3.8, 4) is 0 Å². The van der Waals surface area contributed by atoms with Gasteiger partial charge in [-0.25, -0.2) is 0 Å². The molecule has 4 heteroatoms. The molecule has 1 atom stereocenters. The Morgan fingerprint density at radius 1 is 1.56 bits per heavy atom. The summed E-state index contributed by atoms with van der Waals surface area (Å²) in [6.07, 6.45) is -0.123. The van der Waals surface area contributed by atoms with Crippen LogP contribution in [0.5, 0.6) is 0 Å². The molecule has 0 unspecified atom stereocenters. The van der Waals surface area contributed by atoms with Gasteiger partial charge in [0.1, 0.15) is 0 Å². The molecule has 1 N–H and O–H groups in total. The summed E-state index contributed by atoms with van der Waals surface area (Å²) in [5.41, 5.74) is 0.626. The van der Waals surface area contributed by atoms with E-state index < -0.39 is 12.1 Å². The summed E-state index contributed by atoms with van der Waals surface area (Å²) in [6.45, 7) is 2.31. The molecule has 0 aliphatic heterocycles. The van der Waals surface area contributed by atoms with Gasteiger partial charge in [0, 0.05) is 5.02 Å². The summed E-state index contributed by atoms with van der Waals surface area (Å²) in [6, 6.07) is 6.81. The maximum Gasteiger partial charge on any atom is 0.308 e. The lowest BCUT2D eigenvalue weighted by atomic mass is 10.1. The van der Waals surface area contributed by atoms with Crippen LogP contribution < -0.4 is 0 Å². The molecule has 0 aromatic heterocycles. The fourth-order valence-electron chi connectivity index (χ4n) is 1.26. The van der Waals surface area contributed by atoms with Gasteiger partial charge in [0.05, 0.1) is 19.1 Å². The van der Waals surface area contributed by atoms with Crippen molar-refractivity contribution in [2.45, 2.75) is 25.9 Å². The zero-order chi connectivity index (χ0) is 12.0. The highest BCUT2D eigenvalue weighted by molar-refractivity contribution is 6.30. The monoisotopic (exact) mass is 242 g/mol. The molecule has 0 radical (unpaired) electrons. The topological polar surface area (TPSA) is 46.5 Å². The normalized spacial score (nSPS) is 12.2. The van der Waals surface area contributed by atoms with Crippen molar-refractivity contribution in [2.24, 2.45) is 0 Å². The largest absolute Gasteiger partial charge is 0.466 e. The zero-order valence-corrected chi connectivity index (χ0v) is 9.91. The predicted molar refractivity (Wildman–Crippen MR) is 62.3 cm³/mol. The Morgan fingerprint density at radius 2 is 2.31 bits per heavy atom. The van der Waals surface area contributed by atoms with Gasteiger partial charge in [0.15, 0.2) is 0 Å². The number of ether oxygens (including phenoxy) is 1. The fourth-order valence-corrected chi connectivity index (χ4v) is 1.46. The molecule has 0 aliphatic carbocycles. The molecule has 0 saturated carbocycles. The van der Waals surface area contributed by atoms with Crippen LogP contribution in [0, 0.1) is 0 Å². The standard InChI is InChI=1S/C12H15ClO3/c1-2-6-16-12(15)8-11(14)9-4-3-5-10(13)7-9/h3-5,7,11,14H,2,6,8H2,1H3/t11-/m1/s1. The Kier molecular flexibility index (Phi) is 5.29. The van der Waals surface area contributed by atoms with Crippen LogP contribution in [0.2, 0.25) is 5.02 Å². The summed E-state index contributed by atoms with van der Waals surface area (Å²) in [5.74, 6) is -0.394. The number of carbonyl (C=O) groups is 1. The van der Waals surface area contributed by atoms with Crippen LogP contribution >= 0.6 is 11.6 Å². The molecule has 0 aliphatic rings. The Bertz CT molecular complexity index is 352. The van der Waals surface area contributed by atoms with E-state index in [2.05, 4.69) is 0 Å². The van der Waals surface area contributed by atoms with Crippen LogP contribution in [0.3, 0.4) is 0 Å². The van der Waals surface area contributed by atoms with E-state index in [1.54, 1.807) is 24.3 Å². The lowest BCUT2D eigenvalue weighted by Gasteiger charge is -2.10. The number of aliphatic hydroxyl groups is 1. The van der Waals surface area contributed by atoms with Gasteiger partial charge in [0.25, 0.3) is 0 Å². The van der Waals surface area contributed by atoms with E-state index in [0.717, 1.165) is 6.42 Å². The average Bonchev–Trinajstić information content (AvgIpc) is 2.26. The van der Waals surface area contributed by atoms with Gasteiger partial charge in [-0.05, 0) is 24.1 Å². The lowest BCUT2D eigenvalue weighted by molar-refractivity contribution is -0.146. The van der Waals surface area contributed by atoms with Crippen molar-refractivity contribution in [3.05, 3.63) is 34.9 Å². The minimum Gasteiger partial charge on any atom is -0.466 e. The molecule has 1 aromatic carbocycles. The first-order chi connectivity index (χ1) is 7.63. The molecule has 0 fully saturated rings. The van der Waals surface area contributed by atoms with Crippen molar-refractivity contribution in [3.63, 3.8) is 0 Å². The molecule has 1 aromatic rings. The lowest BCUT2D eigenvalue weighted by Crippen LogP contribution is -2.10. The quantitative estimate of drug-likeness (QED) is 0.808. The Labute approximate surface area is 100.0 Å². The van der Waals surface area contributed by atoms with Gasteiger partial charge in [-0.3, -0.25) is 4.79 Å². The number of halogens is 1. The van der Waals surface area contributed by atoms with Crippen molar-refractivity contribution in [1.29, 1.82) is 0 Å². The maximum atomic E-state index is 11.3. The smallest absolute Gasteiger partial charge is 0.308 e. The van der Waals surface area contributed by atoms with Crippen molar-refractivity contribution < 1.29 is 14.6 Å². The van der Waals surface area contributed by atoms with Crippen LogP contribution in [0.15, 0.2) is 24.3 Å². The second-order valence-electron chi connectivity index (χ2n) is 3.50. The van der Waals surface area contributed by atoms with E-state index in [9.17, 15) is 9.90 Å². The summed E-state index contributed by atoms with van der Waals surface area (Å²) in [4.78, 5) is 11.3. The summed E-state index contributed by atoms with van der Waals surface area (Å²) in [5, 5.41) is 10.3. The number of hydrogen-bond donors (Lipinski definition) is 1. The number of benzene rings is 1. The second kappa shape index (κ2) is 6.51. The third kappa shape index (κ3) is 4.21. The number of esters is 1. The van der Waals surface area contributed by atoms with E-state index in [4.69, 9.17) is 16.3 Å². The first-order valence-electron chi connectivity index (χ1n) is 5.22. The number of aliphatic hydroxyl groups excluding tert-OH is 1. The molecule has 0 saturated heterocycles. The number of hydrogen-bond acceptors (Lipinski definition) is 3. The summed E-state index contributed by atoms with van der Waals surface area (Å²) >= 11 is 5.78. The van der Waals surface area contributed by atoms with Gasteiger partial charge in [-0.1, -0.05) is 30.7 Å². The second-order valence-corrected chi connectivity index (χ2v) is 3.93. The highest BCUT2D eigenvalue weighted by Crippen LogP contribution is 2.20. The van der Waals surface area contributed by atoms with Crippen LogP contribution in [-0.2, 0) is 9.53 Å². The molecule has 1 rings (SSSR count). The molecule has 0 bridgehead atoms. The third-order valence-corrected chi connectivity index (χ3v) is 2.30. The Morgan fingerprint density at radius 3 is 2.94 bits per heavy atom. The molecular weight excluding hydrogens is 228 g/mol. The van der Waals surface area contributed by atoms with Crippen LogP contribution in [0.25, 0.3) is 0 Å². The van der Waals surface area contributed by atoms with Crippen molar-refractivity contribution in [1.82, 2.24) is 0 Å². The third-order valence-electron chi connectivity index (χ3n) is 2.06. The van der Waals surface area contributed by atoms with Crippen LogP contribution in [-0.4, -0.2) is 17.7 Å². The van der Waals surface area contributed by atoms with Crippen molar-refractivity contribution in [2.75, 3.05) is 6.61 Å². The van der Waals surface area contributed by atoms with E-state index in [0.29, 0.717) is 17.2 Å². The van der Waals surface area contributed by atoms with E-state index >= 15 is 0 Å². The maximum absolute atomic E-state index is 11.3. The SMILES string of the molecule is CCCOC(=O)C[C@@H](O)c1cccc(Cl)c1. The molecule has 88 valence electrons. The van der Waals surface area contributed by atoms with E-state index in [-0.39, 0.29) is 6.42 Å². The summed E-state index contributed by atoms with van der Waals surface area (Å²) in [7, 11) is 0. The molecule has 3 nitrogen and oxygen atoms in total. The first-order valence-corrected chi connectivity index (χ1v) is 5.60. The molecule has 0 amide bonds. The van der Waals surface area contributed by atoms with Gasteiger partial charge in [-0.15, -0.1) is 0 Å². The van der Waals surface area contributed by atoms with Gasteiger partial charge in [0.2, 0.25) is 0 Å². The van der Waals surface area contributed by atoms with Gasteiger partial charge in [-0.2, -0.15) is 0 Å². The van der Waals surface area contributed by atoms with Crippen molar-refractivity contribution >= 4 is 17.6 Å². The predicted octanol–water partition coefficient (Wildman–Crippen LogP) is 2.72. The molecular formula is C12H15ClO3. The van der Waals surface area contributed by atoms with Gasteiger partial charge >= 0.3 is 5.97 Å². The minimum atomic E-state index is -0.858. The minimum absolute atomic E-state index is 0.0413. The summed E-state index contributed by atoms with van der Waals surface area (Å²) < 4.78 is 4.88. The highest BCUT2D eigenvalue weighted by Gasteiger charge is 2.13. The Hall–Kier alpha value is -1.06. The average molecular weight is 243 g/mol. The molecule has 0 heterocycles. The fraction of sp³-hybridized carbons (Fsp3) is 0.417. The molecule has 0 spiro atoms. The van der Waals surface area contributed by atoms with Gasteiger partial charge < -0.3 is 9.84 Å².